The quantitative estimate of drug-likeness (QED) is 0.815. The zero-order chi connectivity index (χ0) is 15.8. The third-order valence-electron chi connectivity index (χ3n) is 3.29. The van der Waals surface area contributed by atoms with Gasteiger partial charge in [0.15, 0.2) is 0 Å². The standard InChI is InChI=1S/C18H21FN2O/c1-2-6-18(22)21-16-9-5-7-14(11-16)12-20-13-15-8-3-4-10-17(15)19/h3-5,7-11,20H,2,6,12-13H2,1H3,(H,21,22). The zero-order valence-corrected chi connectivity index (χ0v) is 12.7. The van der Waals surface area contributed by atoms with Gasteiger partial charge in [0.1, 0.15) is 5.82 Å². The Kier molecular flexibility index (Phi) is 6.10. The molecule has 2 aromatic rings. The third kappa shape index (κ3) is 4.97. The average molecular weight is 300 g/mol. The monoisotopic (exact) mass is 300 g/mol. The van der Waals surface area contributed by atoms with E-state index in [1.54, 1.807) is 12.1 Å². The van der Waals surface area contributed by atoms with E-state index in [-0.39, 0.29) is 11.7 Å². The summed E-state index contributed by atoms with van der Waals surface area (Å²) in [6.07, 6.45) is 1.35. The van der Waals surface area contributed by atoms with Crippen LogP contribution in [0.25, 0.3) is 0 Å². The van der Waals surface area contributed by atoms with Gasteiger partial charge in [-0.1, -0.05) is 37.3 Å². The molecule has 3 nitrogen and oxygen atoms in total. The van der Waals surface area contributed by atoms with Crippen molar-refractivity contribution in [3.63, 3.8) is 0 Å². The minimum Gasteiger partial charge on any atom is -0.326 e. The maximum atomic E-state index is 13.5. The lowest BCUT2D eigenvalue weighted by Gasteiger charge is -2.09. The van der Waals surface area contributed by atoms with Crippen LogP contribution >= 0.6 is 0 Å². The molecular weight excluding hydrogens is 279 g/mol. The minimum atomic E-state index is -0.199. The number of hydrogen-bond acceptors (Lipinski definition) is 2. The summed E-state index contributed by atoms with van der Waals surface area (Å²) in [7, 11) is 0. The van der Waals surface area contributed by atoms with Crippen LogP contribution in [0.1, 0.15) is 30.9 Å². The lowest BCUT2D eigenvalue weighted by Crippen LogP contribution is -2.14. The first-order valence-corrected chi connectivity index (χ1v) is 7.52. The smallest absolute Gasteiger partial charge is 0.224 e. The largest absolute Gasteiger partial charge is 0.326 e. The Balaban J connectivity index is 1.88. The summed E-state index contributed by atoms with van der Waals surface area (Å²) in [5, 5.41) is 6.09. The molecule has 116 valence electrons. The number of amides is 1. The summed E-state index contributed by atoms with van der Waals surface area (Å²) in [4.78, 5) is 11.6. The van der Waals surface area contributed by atoms with Gasteiger partial charge in [-0.2, -0.15) is 0 Å². The number of carbonyl (C=O) groups excluding carboxylic acids is 1. The lowest BCUT2D eigenvalue weighted by atomic mass is 10.1. The highest BCUT2D eigenvalue weighted by molar-refractivity contribution is 5.90. The molecule has 0 atom stereocenters. The lowest BCUT2D eigenvalue weighted by molar-refractivity contribution is -0.116. The second-order valence-corrected chi connectivity index (χ2v) is 5.19. The van der Waals surface area contributed by atoms with Gasteiger partial charge in [0.25, 0.3) is 0 Å². The second kappa shape index (κ2) is 8.29. The van der Waals surface area contributed by atoms with Crippen molar-refractivity contribution in [2.75, 3.05) is 5.32 Å². The maximum Gasteiger partial charge on any atom is 0.224 e. The molecule has 0 aliphatic carbocycles. The Labute approximate surface area is 130 Å². The van der Waals surface area contributed by atoms with Gasteiger partial charge in [-0.05, 0) is 30.2 Å². The van der Waals surface area contributed by atoms with E-state index in [2.05, 4.69) is 10.6 Å². The van der Waals surface area contributed by atoms with Crippen LogP contribution in [0, 0.1) is 5.82 Å². The van der Waals surface area contributed by atoms with Crippen LogP contribution in [-0.4, -0.2) is 5.91 Å². The molecule has 0 unspecified atom stereocenters. The summed E-state index contributed by atoms with van der Waals surface area (Å²) in [5.41, 5.74) is 2.49. The second-order valence-electron chi connectivity index (χ2n) is 5.19. The van der Waals surface area contributed by atoms with Crippen LogP contribution in [0.5, 0.6) is 0 Å². The molecule has 0 spiro atoms. The van der Waals surface area contributed by atoms with Crippen LogP contribution in [0.3, 0.4) is 0 Å². The van der Waals surface area contributed by atoms with Gasteiger partial charge < -0.3 is 10.6 Å². The van der Waals surface area contributed by atoms with Crippen molar-refractivity contribution in [3.8, 4) is 0 Å². The van der Waals surface area contributed by atoms with Crippen LogP contribution < -0.4 is 10.6 Å². The molecule has 22 heavy (non-hydrogen) atoms. The highest BCUT2D eigenvalue weighted by atomic mass is 19.1. The minimum absolute atomic E-state index is 0.0268. The molecule has 0 aliphatic heterocycles. The molecule has 2 aromatic carbocycles. The van der Waals surface area contributed by atoms with Crippen molar-refractivity contribution in [2.24, 2.45) is 0 Å². The third-order valence-corrected chi connectivity index (χ3v) is 3.29. The van der Waals surface area contributed by atoms with Gasteiger partial charge >= 0.3 is 0 Å². The van der Waals surface area contributed by atoms with E-state index in [1.165, 1.54) is 6.07 Å². The summed E-state index contributed by atoms with van der Waals surface area (Å²) in [6.45, 7) is 3.06. The number of halogens is 1. The fourth-order valence-corrected chi connectivity index (χ4v) is 2.19. The molecule has 0 saturated carbocycles. The van der Waals surface area contributed by atoms with Crippen molar-refractivity contribution in [2.45, 2.75) is 32.9 Å². The molecule has 0 aromatic heterocycles. The van der Waals surface area contributed by atoms with Gasteiger partial charge in [-0.15, -0.1) is 0 Å². The topological polar surface area (TPSA) is 41.1 Å². The van der Waals surface area contributed by atoms with Gasteiger partial charge in [-0.3, -0.25) is 4.79 Å². The molecule has 2 N–H and O–H groups in total. The number of anilines is 1. The number of nitrogens with one attached hydrogen (secondary N) is 2. The van der Waals surface area contributed by atoms with Crippen LogP contribution in [0.4, 0.5) is 10.1 Å². The Bertz CT molecular complexity index is 628. The summed E-state index contributed by atoms with van der Waals surface area (Å²) < 4.78 is 13.5. The fraction of sp³-hybridized carbons (Fsp3) is 0.278. The van der Waals surface area contributed by atoms with Crippen molar-refractivity contribution >= 4 is 11.6 Å². The van der Waals surface area contributed by atoms with Crippen molar-refractivity contribution in [1.29, 1.82) is 0 Å². The van der Waals surface area contributed by atoms with Crippen molar-refractivity contribution < 1.29 is 9.18 Å². The summed E-state index contributed by atoms with van der Waals surface area (Å²) >= 11 is 0. The fourth-order valence-electron chi connectivity index (χ4n) is 2.19. The van der Waals surface area contributed by atoms with E-state index in [9.17, 15) is 9.18 Å². The molecule has 0 fully saturated rings. The highest BCUT2D eigenvalue weighted by Gasteiger charge is 2.03. The van der Waals surface area contributed by atoms with Crippen LogP contribution in [-0.2, 0) is 17.9 Å². The van der Waals surface area contributed by atoms with E-state index < -0.39 is 0 Å². The highest BCUT2D eigenvalue weighted by Crippen LogP contribution is 2.12. The van der Waals surface area contributed by atoms with Crippen LogP contribution in [0.2, 0.25) is 0 Å². The Morgan fingerprint density at radius 1 is 1.09 bits per heavy atom. The molecule has 0 heterocycles. The Hall–Kier alpha value is -2.20. The van der Waals surface area contributed by atoms with Gasteiger partial charge in [0.2, 0.25) is 5.91 Å². The Morgan fingerprint density at radius 2 is 1.91 bits per heavy atom. The van der Waals surface area contributed by atoms with Crippen molar-refractivity contribution in [3.05, 3.63) is 65.5 Å². The van der Waals surface area contributed by atoms with E-state index in [0.29, 0.717) is 25.1 Å². The number of benzene rings is 2. The molecule has 1 amide bonds. The van der Waals surface area contributed by atoms with E-state index >= 15 is 0 Å². The SMILES string of the molecule is CCCC(=O)Nc1cccc(CNCc2ccccc2F)c1. The molecule has 0 aliphatic rings. The average Bonchev–Trinajstić information content (AvgIpc) is 2.50. The van der Waals surface area contributed by atoms with Gasteiger partial charge in [0.05, 0.1) is 0 Å². The zero-order valence-electron chi connectivity index (χ0n) is 12.7. The first kappa shape index (κ1) is 16.2. The number of carbonyl (C=O) groups is 1. The number of hydrogen-bond donors (Lipinski definition) is 2. The van der Waals surface area contributed by atoms with Crippen molar-refractivity contribution in [1.82, 2.24) is 5.32 Å². The predicted molar refractivity (Wildman–Crippen MR) is 86.9 cm³/mol. The maximum absolute atomic E-state index is 13.5. The van der Waals surface area contributed by atoms with E-state index in [1.807, 2.05) is 37.3 Å². The summed E-state index contributed by atoms with van der Waals surface area (Å²) in [6, 6.07) is 14.4. The molecule has 4 heteroatoms. The molecule has 2 rings (SSSR count). The predicted octanol–water partition coefficient (Wildman–Crippen LogP) is 3.85. The summed E-state index contributed by atoms with van der Waals surface area (Å²) in [5.74, 6) is -0.172. The van der Waals surface area contributed by atoms with E-state index in [0.717, 1.165) is 17.7 Å². The van der Waals surface area contributed by atoms with Gasteiger partial charge in [-0.25, -0.2) is 4.39 Å². The molecule has 0 saturated heterocycles. The molecular formula is C18H21FN2O. The number of rotatable bonds is 7. The van der Waals surface area contributed by atoms with Crippen LogP contribution in [0.15, 0.2) is 48.5 Å². The Morgan fingerprint density at radius 3 is 2.68 bits per heavy atom. The first-order chi connectivity index (χ1) is 10.7. The molecule has 0 radical (unpaired) electrons. The first-order valence-electron chi connectivity index (χ1n) is 7.52. The molecule has 0 bridgehead atoms. The van der Waals surface area contributed by atoms with Gasteiger partial charge in [0, 0.05) is 30.8 Å². The normalized spacial score (nSPS) is 10.5. The van der Waals surface area contributed by atoms with E-state index in [4.69, 9.17) is 0 Å².